The molecule has 1 fully saturated rings. The predicted octanol–water partition coefficient (Wildman–Crippen LogP) is 2.81. The summed E-state index contributed by atoms with van der Waals surface area (Å²) >= 11 is 0. The maximum absolute atomic E-state index is 6.09. The van der Waals surface area contributed by atoms with E-state index in [1.807, 2.05) is 42.5 Å². The van der Waals surface area contributed by atoms with Gasteiger partial charge >= 0.3 is 0 Å². The van der Waals surface area contributed by atoms with Gasteiger partial charge in [0.25, 0.3) is 0 Å². The van der Waals surface area contributed by atoms with Gasteiger partial charge in [0, 0.05) is 12.8 Å². The Morgan fingerprint density at radius 3 is 2.84 bits per heavy atom. The van der Waals surface area contributed by atoms with Gasteiger partial charge in [-0.05, 0) is 30.7 Å². The lowest BCUT2D eigenvalue weighted by Gasteiger charge is -2.32. The van der Waals surface area contributed by atoms with Crippen LogP contribution in [0.15, 0.2) is 54.9 Å². The van der Waals surface area contributed by atoms with Crippen LogP contribution in [-0.4, -0.2) is 40.3 Å². The van der Waals surface area contributed by atoms with Crippen LogP contribution in [0.2, 0.25) is 0 Å². The topological polar surface area (TPSA) is 69.2 Å². The smallest absolute Gasteiger partial charge is 0.145 e. The number of fused-ring (bicyclic) bond motifs is 1. The summed E-state index contributed by atoms with van der Waals surface area (Å²) in [5.74, 6) is 0.737. The first-order chi connectivity index (χ1) is 12.4. The molecule has 1 aliphatic rings. The minimum Gasteiger partial charge on any atom is -0.379 e. The summed E-state index contributed by atoms with van der Waals surface area (Å²) in [5.41, 5.74) is 2.68. The van der Waals surface area contributed by atoms with Crippen molar-refractivity contribution in [2.45, 2.75) is 25.2 Å². The van der Waals surface area contributed by atoms with E-state index in [1.54, 1.807) is 12.4 Å². The summed E-state index contributed by atoms with van der Waals surface area (Å²) < 4.78 is 11.7. The molecule has 2 atom stereocenters. The second kappa shape index (κ2) is 7.55. The lowest BCUT2D eigenvalue weighted by molar-refractivity contribution is -0.0487. The first kappa shape index (κ1) is 15.9. The number of ether oxygens (including phenoxy) is 2. The van der Waals surface area contributed by atoms with Gasteiger partial charge in [-0.25, -0.2) is 4.98 Å². The van der Waals surface area contributed by atoms with Gasteiger partial charge in [0.1, 0.15) is 5.82 Å². The van der Waals surface area contributed by atoms with Crippen LogP contribution in [0.3, 0.4) is 0 Å². The number of nitrogens with one attached hydrogen (secondary N) is 1. The zero-order valence-corrected chi connectivity index (χ0v) is 13.8. The van der Waals surface area contributed by atoms with Gasteiger partial charge in [0.2, 0.25) is 0 Å². The van der Waals surface area contributed by atoms with Crippen LogP contribution in [0.4, 0.5) is 5.82 Å². The molecular formula is C19H20N4O2. The minimum absolute atomic E-state index is 0.0351. The maximum Gasteiger partial charge on any atom is 0.145 e. The molecule has 3 heterocycles. The molecule has 4 rings (SSSR count). The van der Waals surface area contributed by atoms with E-state index in [0.29, 0.717) is 19.8 Å². The van der Waals surface area contributed by atoms with Crippen molar-refractivity contribution in [3.8, 4) is 0 Å². The Morgan fingerprint density at radius 1 is 1.08 bits per heavy atom. The van der Waals surface area contributed by atoms with E-state index in [2.05, 4.69) is 20.3 Å². The second-order valence-corrected chi connectivity index (χ2v) is 6.03. The molecule has 0 bridgehead atoms. The summed E-state index contributed by atoms with van der Waals surface area (Å²) in [7, 11) is 0. The highest BCUT2D eigenvalue weighted by Crippen LogP contribution is 2.19. The molecule has 25 heavy (non-hydrogen) atoms. The average Bonchev–Trinajstić information content (AvgIpc) is 2.68. The first-order valence-corrected chi connectivity index (χ1v) is 8.46. The fourth-order valence-corrected chi connectivity index (χ4v) is 2.95. The van der Waals surface area contributed by atoms with Crippen molar-refractivity contribution in [3.05, 3.63) is 60.6 Å². The third-order valence-electron chi connectivity index (χ3n) is 4.25. The number of hydrogen-bond acceptors (Lipinski definition) is 6. The standard InChI is InChI=1S/C19H20N4O2/c1-2-7-16-15(6-1)21-11-19(22-16)23-17-13-24-10-8-18(17)25-12-14-5-3-4-9-20-14/h1-7,9,11,17-18H,8,10,12-13H2,(H,22,23)/t17-,18-/m1/s1. The fraction of sp³-hybridized carbons (Fsp3) is 0.316. The molecule has 1 aromatic carbocycles. The predicted molar refractivity (Wildman–Crippen MR) is 95.2 cm³/mol. The molecule has 0 amide bonds. The number of pyridine rings is 1. The van der Waals surface area contributed by atoms with Gasteiger partial charge in [-0.2, -0.15) is 0 Å². The molecule has 0 aliphatic carbocycles. The van der Waals surface area contributed by atoms with E-state index in [4.69, 9.17) is 9.47 Å². The molecule has 0 radical (unpaired) electrons. The highest BCUT2D eigenvalue weighted by Gasteiger charge is 2.27. The van der Waals surface area contributed by atoms with Crippen molar-refractivity contribution in [2.24, 2.45) is 0 Å². The Labute approximate surface area is 146 Å². The minimum atomic E-state index is 0.0351. The first-order valence-electron chi connectivity index (χ1n) is 8.46. The number of nitrogens with zero attached hydrogens (tertiary/aromatic N) is 3. The number of rotatable bonds is 5. The quantitative estimate of drug-likeness (QED) is 0.773. The summed E-state index contributed by atoms with van der Waals surface area (Å²) in [6.07, 6.45) is 4.42. The average molecular weight is 336 g/mol. The Hall–Kier alpha value is -2.57. The van der Waals surface area contributed by atoms with Gasteiger partial charge in [0.15, 0.2) is 0 Å². The van der Waals surface area contributed by atoms with Crippen LogP contribution in [-0.2, 0) is 16.1 Å². The number of benzene rings is 1. The molecule has 128 valence electrons. The highest BCUT2D eigenvalue weighted by atomic mass is 16.5. The van der Waals surface area contributed by atoms with Crippen LogP contribution in [0.25, 0.3) is 11.0 Å². The lowest BCUT2D eigenvalue weighted by Crippen LogP contribution is -2.44. The van der Waals surface area contributed by atoms with Crippen LogP contribution in [0.5, 0.6) is 0 Å². The van der Waals surface area contributed by atoms with E-state index in [9.17, 15) is 0 Å². The molecule has 0 spiro atoms. The Morgan fingerprint density at radius 2 is 1.96 bits per heavy atom. The second-order valence-electron chi connectivity index (χ2n) is 6.03. The number of anilines is 1. The van der Waals surface area contributed by atoms with E-state index in [-0.39, 0.29) is 12.1 Å². The summed E-state index contributed by atoms with van der Waals surface area (Å²) in [6, 6.07) is 13.7. The van der Waals surface area contributed by atoms with Crippen LogP contribution in [0.1, 0.15) is 12.1 Å². The van der Waals surface area contributed by atoms with E-state index >= 15 is 0 Å². The van der Waals surface area contributed by atoms with E-state index in [0.717, 1.165) is 29.0 Å². The molecule has 1 saturated heterocycles. The Balaban J connectivity index is 1.44. The van der Waals surface area contributed by atoms with Crippen molar-refractivity contribution in [1.82, 2.24) is 15.0 Å². The monoisotopic (exact) mass is 336 g/mol. The highest BCUT2D eigenvalue weighted by molar-refractivity contribution is 5.75. The zero-order valence-electron chi connectivity index (χ0n) is 13.8. The van der Waals surface area contributed by atoms with Crippen molar-refractivity contribution in [2.75, 3.05) is 18.5 Å². The normalized spacial score (nSPS) is 20.5. The molecule has 2 aromatic heterocycles. The van der Waals surface area contributed by atoms with Gasteiger partial charge in [0.05, 0.1) is 48.3 Å². The molecule has 3 aromatic rings. The number of aromatic nitrogens is 3. The molecule has 1 aliphatic heterocycles. The lowest BCUT2D eigenvalue weighted by atomic mass is 10.1. The van der Waals surface area contributed by atoms with Gasteiger partial charge < -0.3 is 14.8 Å². The third kappa shape index (κ3) is 3.92. The maximum atomic E-state index is 6.09. The molecule has 1 N–H and O–H groups in total. The largest absolute Gasteiger partial charge is 0.379 e. The zero-order chi connectivity index (χ0) is 16.9. The summed E-state index contributed by atoms with van der Waals surface area (Å²) in [5, 5.41) is 3.42. The third-order valence-corrected chi connectivity index (χ3v) is 4.25. The number of para-hydroxylation sites is 2. The molecule has 6 heteroatoms. The Kier molecular flexibility index (Phi) is 4.81. The van der Waals surface area contributed by atoms with Crippen molar-refractivity contribution >= 4 is 16.9 Å². The fourth-order valence-electron chi connectivity index (χ4n) is 2.95. The van der Waals surface area contributed by atoms with Crippen molar-refractivity contribution in [3.63, 3.8) is 0 Å². The summed E-state index contributed by atoms with van der Waals surface area (Å²) in [4.78, 5) is 13.4. The summed E-state index contributed by atoms with van der Waals surface area (Å²) in [6.45, 7) is 1.78. The van der Waals surface area contributed by atoms with E-state index < -0.39 is 0 Å². The van der Waals surface area contributed by atoms with Gasteiger partial charge in [-0.1, -0.05) is 18.2 Å². The van der Waals surface area contributed by atoms with E-state index in [1.165, 1.54) is 0 Å². The van der Waals surface area contributed by atoms with Crippen LogP contribution in [0, 0.1) is 0 Å². The molecule has 6 nitrogen and oxygen atoms in total. The van der Waals surface area contributed by atoms with Gasteiger partial charge in [-0.3, -0.25) is 9.97 Å². The molecular weight excluding hydrogens is 316 g/mol. The Bertz CT molecular complexity index is 828. The van der Waals surface area contributed by atoms with Crippen molar-refractivity contribution < 1.29 is 9.47 Å². The van der Waals surface area contributed by atoms with Gasteiger partial charge in [-0.15, -0.1) is 0 Å². The molecule has 0 unspecified atom stereocenters. The van der Waals surface area contributed by atoms with Crippen LogP contribution < -0.4 is 5.32 Å². The van der Waals surface area contributed by atoms with Crippen LogP contribution >= 0.6 is 0 Å². The molecule has 0 saturated carbocycles. The van der Waals surface area contributed by atoms with Crippen molar-refractivity contribution in [1.29, 1.82) is 0 Å². The SMILES string of the molecule is c1ccc(CO[C@@H]2CCOC[C@H]2Nc2cnc3ccccc3n2)nc1. The number of hydrogen-bond donors (Lipinski definition) is 1.